The molecular weight excluding hydrogens is 206 g/mol. The van der Waals surface area contributed by atoms with Crippen LogP contribution in [0.25, 0.3) is 0 Å². The summed E-state index contributed by atoms with van der Waals surface area (Å²) in [6, 6.07) is -0.444. The van der Waals surface area contributed by atoms with Crippen molar-refractivity contribution >= 4 is 11.9 Å². The fourth-order valence-electron chi connectivity index (χ4n) is 1.60. The van der Waals surface area contributed by atoms with Crippen molar-refractivity contribution in [2.75, 3.05) is 0 Å². The average Bonchev–Trinajstić information content (AvgIpc) is 1.96. The molecule has 0 aromatic heterocycles. The number of Topliss-reactive ketones (excluding diaryl/α,β-unsaturated/α-hetero) is 1. The topological polar surface area (TPSA) is 55.4 Å². The van der Waals surface area contributed by atoms with E-state index < -0.39 is 17.7 Å². The molecule has 1 amide bonds. The van der Waals surface area contributed by atoms with Gasteiger partial charge in [0.15, 0.2) is 5.78 Å². The molecule has 1 atom stereocenters. The van der Waals surface area contributed by atoms with Gasteiger partial charge in [0.1, 0.15) is 5.60 Å². The van der Waals surface area contributed by atoms with Crippen molar-refractivity contribution < 1.29 is 14.3 Å². The largest absolute Gasteiger partial charge is 0.444 e. The van der Waals surface area contributed by atoms with E-state index in [9.17, 15) is 9.59 Å². The number of carbonyl (C=O) groups is 2. The Labute approximate surface area is 96.7 Å². The zero-order valence-electron chi connectivity index (χ0n) is 10.5. The van der Waals surface area contributed by atoms with Gasteiger partial charge in [-0.15, -0.1) is 0 Å². The van der Waals surface area contributed by atoms with Crippen LogP contribution in [0.3, 0.4) is 0 Å². The zero-order chi connectivity index (χ0) is 12.3. The van der Waals surface area contributed by atoms with E-state index in [-0.39, 0.29) is 11.7 Å². The molecule has 0 bridgehead atoms. The Balaban J connectivity index is 2.35. The summed E-state index contributed by atoms with van der Waals surface area (Å²) in [6.07, 6.45) is 2.51. The van der Waals surface area contributed by atoms with Crippen molar-refractivity contribution in [1.82, 2.24) is 5.32 Å². The van der Waals surface area contributed by atoms with E-state index in [1.807, 2.05) is 0 Å². The third kappa shape index (κ3) is 3.83. The maximum atomic E-state index is 11.8. The smallest absolute Gasteiger partial charge is 0.408 e. The van der Waals surface area contributed by atoms with E-state index in [1.54, 1.807) is 27.7 Å². The van der Waals surface area contributed by atoms with Gasteiger partial charge in [0.25, 0.3) is 0 Å². The van der Waals surface area contributed by atoms with E-state index in [0.29, 0.717) is 0 Å². The van der Waals surface area contributed by atoms with E-state index in [0.717, 1.165) is 19.3 Å². The second-order valence-electron chi connectivity index (χ2n) is 5.40. The first-order valence-corrected chi connectivity index (χ1v) is 5.83. The normalized spacial score (nSPS) is 18.5. The van der Waals surface area contributed by atoms with Gasteiger partial charge in [-0.2, -0.15) is 0 Å². The summed E-state index contributed by atoms with van der Waals surface area (Å²) in [7, 11) is 0. The molecule has 1 fully saturated rings. The van der Waals surface area contributed by atoms with Crippen LogP contribution in [0.5, 0.6) is 0 Å². The fourth-order valence-corrected chi connectivity index (χ4v) is 1.60. The Hall–Kier alpha value is -1.06. The lowest BCUT2D eigenvalue weighted by molar-refractivity contribution is -0.126. The van der Waals surface area contributed by atoms with Gasteiger partial charge in [0, 0.05) is 5.92 Å². The first-order chi connectivity index (χ1) is 7.29. The Bertz CT molecular complexity index is 276. The highest BCUT2D eigenvalue weighted by Gasteiger charge is 2.30. The highest BCUT2D eigenvalue weighted by molar-refractivity contribution is 5.89. The molecule has 1 aliphatic carbocycles. The number of carbonyl (C=O) groups excluding carboxylic acids is 2. The van der Waals surface area contributed by atoms with Gasteiger partial charge in [-0.05, 0) is 40.5 Å². The molecule has 0 aromatic carbocycles. The molecule has 92 valence electrons. The lowest BCUT2D eigenvalue weighted by Gasteiger charge is -2.27. The molecule has 1 aliphatic rings. The summed E-state index contributed by atoms with van der Waals surface area (Å²) >= 11 is 0. The second-order valence-corrected chi connectivity index (χ2v) is 5.40. The molecular formula is C12H21NO3. The summed E-state index contributed by atoms with van der Waals surface area (Å²) in [6.45, 7) is 7.10. The summed E-state index contributed by atoms with van der Waals surface area (Å²) in [5, 5.41) is 2.57. The molecule has 0 saturated heterocycles. The highest BCUT2D eigenvalue weighted by atomic mass is 16.6. The number of amides is 1. The van der Waals surface area contributed by atoms with Crippen LogP contribution < -0.4 is 5.32 Å². The van der Waals surface area contributed by atoms with Crippen molar-refractivity contribution in [2.45, 2.75) is 58.6 Å². The third-order valence-corrected chi connectivity index (χ3v) is 2.67. The summed E-state index contributed by atoms with van der Waals surface area (Å²) in [5.41, 5.74) is -0.524. The van der Waals surface area contributed by atoms with Crippen LogP contribution >= 0.6 is 0 Å². The molecule has 0 spiro atoms. The van der Waals surface area contributed by atoms with Gasteiger partial charge in [-0.3, -0.25) is 4.79 Å². The van der Waals surface area contributed by atoms with E-state index in [4.69, 9.17) is 4.74 Å². The molecule has 0 aromatic rings. The van der Waals surface area contributed by atoms with E-state index in [1.165, 1.54) is 0 Å². The highest BCUT2D eigenvalue weighted by Crippen LogP contribution is 2.28. The minimum Gasteiger partial charge on any atom is -0.444 e. The van der Waals surface area contributed by atoms with Gasteiger partial charge in [0.2, 0.25) is 0 Å². The average molecular weight is 227 g/mol. The molecule has 4 heteroatoms. The second kappa shape index (κ2) is 4.85. The minimum atomic E-state index is -0.524. The maximum Gasteiger partial charge on any atom is 0.408 e. The van der Waals surface area contributed by atoms with Gasteiger partial charge in [-0.25, -0.2) is 4.79 Å². The van der Waals surface area contributed by atoms with Crippen molar-refractivity contribution in [3.05, 3.63) is 0 Å². The van der Waals surface area contributed by atoms with Gasteiger partial charge in [0.05, 0.1) is 6.04 Å². The summed E-state index contributed by atoms with van der Waals surface area (Å²) < 4.78 is 5.09. The summed E-state index contributed by atoms with van der Waals surface area (Å²) in [4.78, 5) is 23.2. The molecule has 1 unspecified atom stereocenters. The number of ketones is 1. The first kappa shape index (κ1) is 13.0. The Morgan fingerprint density at radius 2 is 1.88 bits per heavy atom. The van der Waals surface area contributed by atoms with Crippen LogP contribution in [0, 0.1) is 5.92 Å². The minimum absolute atomic E-state index is 0.122. The monoisotopic (exact) mass is 227 g/mol. The van der Waals surface area contributed by atoms with Gasteiger partial charge >= 0.3 is 6.09 Å². The molecule has 0 heterocycles. The predicted molar refractivity (Wildman–Crippen MR) is 61.2 cm³/mol. The van der Waals surface area contributed by atoms with Crippen molar-refractivity contribution in [2.24, 2.45) is 5.92 Å². The Morgan fingerprint density at radius 3 is 2.25 bits per heavy atom. The van der Waals surface area contributed by atoms with Crippen LogP contribution in [-0.4, -0.2) is 23.5 Å². The first-order valence-electron chi connectivity index (χ1n) is 5.83. The number of hydrogen-bond donors (Lipinski definition) is 1. The van der Waals surface area contributed by atoms with Crippen molar-refractivity contribution in [3.8, 4) is 0 Å². The van der Waals surface area contributed by atoms with E-state index >= 15 is 0 Å². The van der Waals surface area contributed by atoms with Gasteiger partial charge < -0.3 is 10.1 Å². The molecule has 1 N–H and O–H groups in total. The molecule has 16 heavy (non-hydrogen) atoms. The Kier molecular flexibility index (Phi) is 3.94. The van der Waals surface area contributed by atoms with E-state index in [2.05, 4.69) is 5.32 Å². The number of hydrogen-bond acceptors (Lipinski definition) is 3. The summed E-state index contributed by atoms with van der Waals surface area (Å²) in [5.74, 6) is 0.266. The number of rotatable bonds is 3. The number of alkyl carbamates (subject to hydrolysis) is 1. The van der Waals surface area contributed by atoms with Crippen LogP contribution in [-0.2, 0) is 9.53 Å². The molecule has 0 aliphatic heterocycles. The molecule has 1 rings (SSSR count). The SMILES string of the molecule is CC(NC(=O)OC(C)(C)C)C(=O)C1CCC1. The third-order valence-electron chi connectivity index (χ3n) is 2.67. The standard InChI is InChI=1S/C12H21NO3/c1-8(10(14)9-6-5-7-9)13-11(15)16-12(2,3)4/h8-9H,5-7H2,1-4H3,(H,13,15). The lowest BCUT2D eigenvalue weighted by atomic mass is 9.80. The van der Waals surface area contributed by atoms with Crippen molar-refractivity contribution in [1.29, 1.82) is 0 Å². The van der Waals surface area contributed by atoms with Crippen LogP contribution in [0.4, 0.5) is 4.79 Å². The zero-order valence-corrected chi connectivity index (χ0v) is 10.5. The Morgan fingerprint density at radius 1 is 1.31 bits per heavy atom. The molecule has 1 saturated carbocycles. The molecule has 4 nitrogen and oxygen atoms in total. The van der Waals surface area contributed by atoms with Crippen LogP contribution in [0.2, 0.25) is 0 Å². The van der Waals surface area contributed by atoms with Crippen molar-refractivity contribution in [3.63, 3.8) is 0 Å². The predicted octanol–water partition coefficient (Wildman–Crippen LogP) is 2.27. The lowest BCUT2D eigenvalue weighted by Crippen LogP contribution is -2.45. The van der Waals surface area contributed by atoms with Crippen LogP contribution in [0.1, 0.15) is 47.0 Å². The number of ether oxygens (including phenoxy) is 1. The molecule has 0 radical (unpaired) electrons. The number of nitrogens with one attached hydrogen (secondary N) is 1. The fraction of sp³-hybridized carbons (Fsp3) is 0.833. The maximum absolute atomic E-state index is 11.8. The quantitative estimate of drug-likeness (QED) is 0.804. The van der Waals surface area contributed by atoms with Crippen LogP contribution in [0.15, 0.2) is 0 Å². The van der Waals surface area contributed by atoms with Gasteiger partial charge in [-0.1, -0.05) is 6.42 Å².